The van der Waals surface area contributed by atoms with Gasteiger partial charge in [-0.15, -0.1) is 0 Å². The zero-order valence-electron chi connectivity index (χ0n) is 11.3. The fraction of sp³-hybridized carbons (Fsp3) is 0.250. The van der Waals surface area contributed by atoms with Gasteiger partial charge in [0.1, 0.15) is 11.6 Å². The molecule has 0 aliphatic heterocycles. The van der Waals surface area contributed by atoms with Crippen molar-refractivity contribution in [2.24, 2.45) is 0 Å². The third-order valence-electron chi connectivity index (χ3n) is 3.28. The fourth-order valence-electron chi connectivity index (χ4n) is 2.19. The zero-order chi connectivity index (χ0) is 14.7. The van der Waals surface area contributed by atoms with Crippen LogP contribution in [0.4, 0.5) is 8.78 Å². The van der Waals surface area contributed by atoms with Gasteiger partial charge in [-0.05, 0) is 49.2 Å². The van der Waals surface area contributed by atoms with E-state index in [9.17, 15) is 8.78 Å². The molecule has 0 fully saturated rings. The van der Waals surface area contributed by atoms with Gasteiger partial charge in [-0.25, -0.2) is 8.78 Å². The van der Waals surface area contributed by atoms with Crippen molar-refractivity contribution in [2.75, 3.05) is 0 Å². The van der Waals surface area contributed by atoms with E-state index in [0.29, 0.717) is 0 Å². The van der Waals surface area contributed by atoms with Crippen molar-refractivity contribution in [1.29, 1.82) is 0 Å². The molecule has 0 saturated carbocycles. The Morgan fingerprint density at radius 2 is 1.65 bits per heavy atom. The highest BCUT2D eigenvalue weighted by Gasteiger charge is 2.14. The van der Waals surface area contributed by atoms with E-state index in [1.165, 1.54) is 24.3 Å². The maximum Gasteiger partial charge on any atom is 0.124 e. The van der Waals surface area contributed by atoms with Crippen molar-refractivity contribution in [1.82, 2.24) is 5.32 Å². The average molecular weight is 340 g/mol. The lowest BCUT2D eigenvalue weighted by Gasteiger charge is -2.21. The summed E-state index contributed by atoms with van der Waals surface area (Å²) in [5.74, 6) is -0.516. The van der Waals surface area contributed by atoms with Crippen LogP contribution >= 0.6 is 15.9 Å². The van der Waals surface area contributed by atoms with E-state index in [4.69, 9.17) is 0 Å². The van der Waals surface area contributed by atoms with E-state index in [1.54, 1.807) is 12.1 Å². The molecule has 0 bridgehead atoms. The molecule has 0 spiro atoms. The molecule has 2 aromatic carbocycles. The van der Waals surface area contributed by atoms with Gasteiger partial charge in [0, 0.05) is 16.6 Å². The van der Waals surface area contributed by atoms with E-state index < -0.39 is 0 Å². The van der Waals surface area contributed by atoms with Gasteiger partial charge in [-0.1, -0.05) is 34.1 Å². The summed E-state index contributed by atoms with van der Waals surface area (Å²) in [5.41, 5.74) is 1.85. The lowest BCUT2D eigenvalue weighted by atomic mass is 10.0. The molecule has 0 radical (unpaired) electrons. The molecule has 0 amide bonds. The summed E-state index contributed by atoms with van der Waals surface area (Å²) < 4.78 is 27.0. The molecule has 0 aliphatic rings. The van der Waals surface area contributed by atoms with Crippen LogP contribution in [0.2, 0.25) is 0 Å². The summed E-state index contributed by atoms with van der Waals surface area (Å²) in [7, 11) is 0. The molecule has 2 rings (SSSR count). The van der Waals surface area contributed by atoms with E-state index in [1.807, 2.05) is 19.9 Å². The molecule has 0 aliphatic carbocycles. The maximum absolute atomic E-state index is 13.2. The molecular formula is C16H16BrF2N. The van der Waals surface area contributed by atoms with Gasteiger partial charge in [-0.3, -0.25) is 0 Å². The Bertz CT molecular complexity index is 601. The molecule has 106 valence electrons. The van der Waals surface area contributed by atoms with Gasteiger partial charge in [0.05, 0.1) is 0 Å². The molecular weight excluding hydrogens is 324 g/mol. The van der Waals surface area contributed by atoms with Crippen molar-refractivity contribution < 1.29 is 8.78 Å². The van der Waals surface area contributed by atoms with Crippen LogP contribution in [0.15, 0.2) is 46.9 Å². The number of hydrogen-bond acceptors (Lipinski definition) is 1. The Labute approximate surface area is 126 Å². The van der Waals surface area contributed by atoms with E-state index in [-0.39, 0.29) is 23.7 Å². The highest BCUT2D eigenvalue weighted by Crippen LogP contribution is 2.26. The second-order valence-electron chi connectivity index (χ2n) is 4.83. The monoisotopic (exact) mass is 339 g/mol. The molecule has 2 aromatic rings. The summed E-state index contributed by atoms with van der Waals surface area (Å²) in [6, 6.07) is 11.2. The van der Waals surface area contributed by atoms with Crippen LogP contribution in [-0.2, 0) is 0 Å². The quantitative estimate of drug-likeness (QED) is 0.813. The molecule has 0 aromatic heterocycles. The Hall–Kier alpha value is -1.26. The second-order valence-corrected chi connectivity index (χ2v) is 5.69. The van der Waals surface area contributed by atoms with Gasteiger partial charge in [0.25, 0.3) is 0 Å². The Balaban J connectivity index is 2.12. The lowest BCUT2D eigenvalue weighted by molar-refractivity contribution is 0.490. The molecule has 1 N–H and O–H groups in total. The SMILES string of the molecule is CC(N[C@H](C)c1cccc(F)c1)c1ccc(F)cc1Br. The molecule has 1 nitrogen and oxygen atoms in total. The van der Waals surface area contributed by atoms with Gasteiger partial charge in [-0.2, -0.15) is 0 Å². The van der Waals surface area contributed by atoms with Crippen LogP contribution in [0.25, 0.3) is 0 Å². The summed E-state index contributed by atoms with van der Waals surface area (Å²) >= 11 is 3.37. The third-order valence-corrected chi connectivity index (χ3v) is 3.96. The summed E-state index contributed by atoms with van der Waals surface area (Å²) in [6.45, 7) is 3.97. The first-order chi connectivity index (χ1) is 9.47. The highest BCUT2D eigenvalue weighted by molar-refractivity contribution is 9.10. The average Bonchev–Trinajstić information content (AvgIpc) is 2.38. The Morgan fingerprint density at radius 3 is 2.30 bits per heavy atom. The number of rotatable bonds is 4. The predicted octanol–water partition coefficient (Wildman–Crippen LogP) is 5.14. The first kappa shape index (κ1) is 15.1. The standard InChI is InChI=1S/C16H16BrF2N/c1-10(12-4-3-5-13(18)8-12)20-11(2)15-7-6-14(19)9-16(15)17/h3-11,20H,1-2H3/t10-,11?/m1/s1. The first-order valence-electron chi connectivity index (χ1n) is 6.44. The largest absolute Gasteiger partial charge is 0.304 e. The third kappa shape index (κ3) is 3.64. The molecule has 2 atom stereocenters. The van der Waals surface area contributed by atoms with Crippen molar-refractivity contribution in [3.8, 4) is 0 Å². The predicted molar refractivity (Wildman–Crippen MR) is 80.5 cm³/mol. The molecule has 0 saturated heterocycles. The van der Waals surface area contributed by atoms with Crippen molar-refractivity contribution in [3.05, 3.63) is 69.7 Å². The maximum atomic E-state index is 13.2. The van der Waals surface area contributed by atoms with E-state index >= 15 is 0 Å². The number of nitrogens with one attached hydrogen (secondary N) is 1. The molecule has 1 unspecified atom stereocenters. The first-order valence-corrected chi connectivity index (χ1v) is 7.23. The van der Waals surface area contributed by atoms with Crippen LogP contribution < -0.4 is 5.32 Å². The Morgan fingerprint density at radius 1 is 0.950 bits per heavy atom. The van der Waals surface area contributed by atoms with Crippen LogP contribution in [0.5, 0.6) is 0 Å². The van der Waals surface area contributed by atoms with Gasteiger partial charge in [0.15, 0.2) is 0 Å². The van der Waals surface area contributed by atoms with Crippen molar-refractivity contribution >= 4 is 15.9 Å². The minimum atomic E-state index is -0.272. The highest BCUT2D eigenvalue weighted by atomic mass is 79.9. The van der Waals surface area contributed by atoms with Crippen LogP contribution in [0.3, 0.4) is 0 Å². The number of benzene rings is 2. The molecule has 4 heteroatoms. The van der Waals surface area contributed by atoms with Crippen molar-refractivity contribution in [3.63, 3.8) is 0 Å². The van der Waals surface area contributed by atoms with Crippen LogP contribution in [0, 0.1) is 11.6 Å². The van der Waals surface area contributed by atoms with Crippen LogP contribution in [-0.4, -0.2) is 0 Å². The molecule has 20 heavy (non-hydrogen) atoms. The van der Waals surface area contributed by atoms with Crippen LogP contribution in [0.1, 0.15) is 37.1 Å². The number of hydrogen-bond donors (Lipinski definition) is 1. The summed E-state index contributed by atoms with van der Waals surface area (Å²) in [6.07, 6.45) is 0. The lowest BCUT2D eigenvalue weighted by Crippen LogP contribution is -2.22. The topological polar surface area (TPSA) is 12.0 Å². The minimum Gasteiger partial charge on any atom is -0.304 e. The smallest absolute Gasteiger partial charge is 0.124 e. The van der Waals surface area contributed by atoms with Gasteiger partial charge < -0.3 is 5.32 Å². The molecule has 0 heterocycles. The summed E-state index contributed by atoms with van der Waals surface area (Å²) in [4.78, 5) is 0. The second kappa shape index (κ2) is 6.46. The van der Waals surface area contributed by atoms with E-state index in [2.05, 4.69) is 21.2 Å². The Kier molecular flexibility index (Phi) is 4.89. The van der Waals surface area contributed by atoms with Gasteiger partial charge >= 0.3 is 0 Å². The fourth-order valence-corrected chi connectivity index (χ4v) is 2.88. The summed E-state index contributed by atoms with van der Waals surface area (Å²) in [5, 5.41) is 3.38. The van der Waals surface area contributed by atoms with Crippen molar-refractivity contribution in [2.45, 2.75) is 25.9 Å². The minimum absolute atomic E-state index is 0.00217. The zero-order valence-corrected chi connectivity index (χ0v) is 12.9. The van der Waals surface area contributed by atoms with E-state index in [0.717, 1.165) is 15.6 Å². The van der Waals surface area contributed by atoms with Gasteiger partial charge in [0.2, 0.25) is 0 Å². The number of halogens is 3. The normalized spacial score (nSPS) is 14.1.